The standard InChI is InChI=1S/C15H10Cl2O2/c16-13-8-6-10(9-14(13)17)5-7-11-3-1-2-4-12(11)15(18)19/h1-9H,(H,18,19). The molecule has 0 spiro atoms. The molecule has 2 aromatic carbocycles. The Morgan fingerprint density at radius 1 is 1.00 bits per heavy atom. The molecule has 19 heavy (non-hydrogen) atoms. The first-order valence-electron chi connectivity index (χ1n) is 5.53. The van der Waals surface area contributed by atoms with Gasteiger partial charge in [0.15, 0.2) is 0 Å². The number of carboxylic acid groups (broad SMARTS) is 1. The molecule has 0 amide bonds. The second kappa shape index (κ2) is 5.91. The van der Waals surface area contributed by atoms with Gasteiger partial charge in [0, 0.05) is 0 Å². The van der Waals surface area contributed by atoms with Gasteiger partial charge in [0.25, 0.3) is 0 Å². The van der Waals surface area contributed by atoms with Crippen molar-refractivity contribution in [2.45, 2.75) is 0 Å². The maximum absolute atomic E-state index is 11.1. The van der Waals surface area contributed by atoms with Crippen molar-refractivity contribution in [1.29, 1.82) is 0 Å². The van der Waals surface area contributed by atoms with Crippen LogP contribution in [0.2, 0.25) is 10.0 Å². The highest BCUT2D eigenvalue weighted by Gasteiger charge is 2.06. The third-order valence-corrected chi connectivity index (χ3v) is 3.33. The van der Waals surface area contributed by atoms with Gasteiger partial charge < -0.3 is 5.11 Å². The molecule has 0 unspecified atom stereocenters. The van der Waals surface area contributed by atoms with E-state index < -0.39 is 5.97 Å². The molecule has 0 saturated heterocycles. The van der Waals surface area contributed by atoms with E-state index in [1.165, 1.54) is 0 Å². The van der Waals surface area contributed by atoms with E-state index in [9.17, 15) is 4.79 Å². The molecule has 0 atom stereocenters. The second-order valence-corrected chi connectivity index (χ2v) is 4.71. The van der Waals surface area contributed by atoms with Gasteiger partial charge in [-0.25, -0.2) is 4.79 Å². The molecule has 0 radical (unpaired) electrons. The summed E-state index contributed by atoms with van der Waals surface area (Å²) >= 11 is 11.7. The first-order valence-corrected chi connectivity index (χ1v) is 6.29. The van der Waals surface area contributed by atoms with Crippen LogP contribution in [0, 0.1) is 0 Å². The van der Waals surface area contributed by atoms with E-state index in [0.29, 0.717) is 15.6 Å². The molecule has 0 heterocycles. The fourth-order valence-corrected chi connectivity index (χ4v) is 1.95. The second-order valence-electron chi connectivity index (χ2n) is 3.90. The van der Waals surface area contributed by atoms with E-state index >= 15 is 0 Å². The van der Waals surface area contributed by atoms with Gasteiger partial charge in [0.05, 0.1) is 15.6 Å². The van der Waals surface area contributed by atoms with Crippen LogP contribution < -0.4 is 0 Å². The minimum Gasteiger partial charge on any atom is -0.478 e. The van der Waals surface area contributed by atoms with E-state index in [4.69, 9.17) is 28.3 Å². The molecule has 0 aromatic heterocycles. The minimum atomic E-state index is -0.950. The SMILES string of the molecule is O=C(O)c1ccccc1C=Cc1ccc(Cl)c(Cl)c1. The van der Waals surface area contributed by atoms with Crippen molar-refractivity contribution >= 4 is 41.3 Å². The molecule has 0 saturated carbocycles. The van der Waals surface area contributed by atoms with Crippen molar-refractivity contribution in [1.82, 2.24) is 0 Å². The average molecular weight is 293 g/mol. The van der Waals surface area contributed by atoms with Crippen LogP contribution in [0.1, 0.15) is 21.5 Å². The Labute approximate surface area is 120 Å². The summed E-state index contributed by atoms with van der Waals surface area (Å²) in [6.45, 7) is 0. The molecule has 0 bridgehead atoms. The fourth-order valence-electron chi connectivity index (χ4n) is 1.64. The van der Waals surface area contributed by atoms with Crippen LogP contribution in [0.4, 0.5) is 0 Å². The number of rotatable bonds is 3. The largest absolute Gasteiger partial charge is 0.478 e. The molecule has 0 aliphatic heterocycles. The highest BCUT2D eigenvalue weighted by atomic mass is 35.5. The summed E-state index contributed by atoms with van der Waals surface area (Å²) in [5.41, 5.74) is 1.76. The summed E-state index contributed by atoms with van der Waals surface area (Å²) in [5.74, 6) is -0.950. The summed E-state index contributed by atoms with van der Waals surface area (Å²) < 4.78 is 0. The van der Waals surface area contributed by atoms with Crippen LogP contribution in [0.5, 0.6) is 0 Å². The zero-order chi connectivity index (χ0) is 13.8. The van der Waals surface area contributed by atoms with Gasteiger partial charge in [-0.05, 0) is 29.3 Å². The van der Waals surface area contributed by atoms with Crippen LogP contribution in [0.3, 0.4) is 0 Å². The van der Waals surface area contributed by atoms with Crippen LogP contribution in [0.15, 0.2) is 42.5 Å². The quantitative estimate of drug-likeness (QED) is 0.820. The Morgan fingerprint density at radius 3 is 2.42 bits per heavy atom. The van der Waals surface area contributed by atoms with Crippen molar-refractivity contribution in [3.8, 4) is 0 Å². The first kappa shape index (κ1) is 13.7. The highest BCUT2D eigenvalue weighted by Crippen LogP contribution is 2.23. The van der Waals surface area contributed by atoms with Gasteiger partial charge in [-0.2, -0.15) is 0 Å². The van der Waals surface area contributed by atoms with E-state index in [-0.39, 0.29) is 5.56 Å². The molecule has 2 aromatic rings. The number of carbonyl (C=O) groups is 1. The van der Waals surface area contributed by atoms with Gasteiger partial charge in [-0.1, -0.05) is 59.6 Å². The Hall–Kier alpha value is -1.77. The predicted octanol–water partition coefficient (Wildman–Crippen LogP) is 4.86. The van der Waals surface area contributed by atoms with Crippen LogP contribution in [-0.2, 0) is 0 Å². The van der Waals surface area contributed by atoms with E-state index in [2.05, 4.69) is 0 Å². The number of hydrogen-bond acceptors (Lipinski definition) is 1. The van der Waals surface area contributed by atoms with Gasteiger partial charge >= 0.3 is 5.97 Å². The fraction of sp³-hybridized carbons (Fsp3) is 0. The number of aromatic carboxylic acids is 1. The Balaban J connectivity index is 2.32. The molecule has 4 heteroatoms. The average Bonchev–Trinajstić information content (AvgIpc) is 2.40. The lowest BCUT2D eigenvalue weighted by Crippen LogP contribution is -1.98. The summed E-state index contributed by atoms with van der Waals surface area (Å²) in [4.78, 5) is 11.1. The molecule has 1 N–H and O–H groups in total. The van der Waals surface area contributed by atoms with Crippen molar-refractivity contribution < 1.29 is 9.90 Å². The molecule has 96 valence electrons. The molecule has 2 nitrogen and oxygen atoms in total. The van der Waals surface area contributed by atoms with E-state index in [1.807, 2.05) is 6.07 Å². The molecule has 0 aliphatic carbocycles. The molecule has 0 aliphatic rings. The zero-order valence-corrected chi connectivity index (χ0v) is 11.3. The van der Waals surface area contributed by atoms with Gasteiger partial charge in [-0.15, -0.1) is 0 Å². The topological polar surface area (TPSA) is 37.3 Å². The summed E-state index contributed by atoms with van der Waals surface area (Å²) in [7, 11) is 0. The number of carboxylic acids is 1. The molecule has 2 rings (SSSR count). The lowest BCUT2D eigenvalue weighted by Gasteiger charge is -2.01. The van der Waals surface area contributed by atoms with Gasteiger partial charge in [-0.3, -0.25) is 0 Å². The molecule has 0 fully saturated rings. The lowest BCUT2D eigenvalue weighted by atomic mass is 10.1. The summed E-state index contributed by atoms with van der Waals surface area (Å²) in [5, 5.41) is 10.0. The van der Waals surface area contributed by atoms with E-state index in [0.717, 1.165) is 5.56 Å². The van der Waals surface area contributed by atoms with Crippen molar-refractivity contribution in [3.05, 3.63) is 69.2 Å². The Morgan fingerprint density at radius 2 is 1.74 bits per heavy atom. The van der Waals surface area contributed by atoms with E-state index in [1.54, 1.807) is 48.6 Å². The van der Waals surface area contributed by atoms with Gasteiger partial charge in [0.1, 0.15) is 0 Å². The third-order valence-electron chi connectivity index (χ3n) is 2.59. The normalized spacial score (nSPS) is 10.8. The smallest absolute Gasteiger partial charge is 0.336 e. The number of benzene rings is 2. The zero-order valence-electron chi connectivity index (χ0n) is 9.81. The summed E-state index contributed by atoms with van der Waals surface area (Å²) in [6.07, 6.45) is 3.53. The summed E-state index contributed by atoms with van der Waals surface area (Å²) in [6, 6.07) is 12.0. The maximum atomic E-state index is 11.1. The van der Waals surface area contributed by atoms with Crippen LogP contribution >= 0.6 is 23.2 Å². The monoisotopic (exact) mass is 292 g/mol. The molecular weight excluding hydrogens is 283 g/mol. The first-order chi connectivity index (χ1) is 9.08. The lowest BCUT2D eigenvalue weighted by molar-refractivity contribution is 0.0696. The van der Waals surface area contributed by atoms with Gasteiger partial charge in [0.2, 0.25) is 0 Å². The Kier molecular flexibility index (Phi) is 4.25. The number of halogens is 2. The van der Waals surface area contributed by atoms with Crippen molar-refractivity contribution in [3.63, 3.8) is 0 Å². The third kappa shape index (κ3) is 3.37. The van der Waals surface area contributed by atoms with Crippen LogP contribution in [0.25, 0.3) is 12.2 Å². The predicted molar refractivity (Wildman–Crippen MR) is 78.8 cm³/mol. The van der Waals surface area contributed by atoms with Crippen molar-refractivity contribution in [2.75, 3.05) is 0 Å². The molecular formula is C15H10Cl2O2. The maximum Gasteiger partial charge on any atom is 0.336 e. The van der Waals surface area contributed by atoms with Crippen molar-refractivity contribution in [2.24, 2.45) is 0 Å². The van der Waals surface area contributed by atoms with Crippen LogP contribution in [-0.4, -0.2) is 11.1 Å². The Bertz CT molecular complexity index is 648. The number of hydrogen-bond donors (Lipinski definition) is 1. The highest BCUT2D eigenvalue weighted by molar-refractivity contribution is 6.42. The minimum absolute atomic E-state index is 0.263.